The van der Waals surface area contributed by atoms with E-state index in [0.29, 0.717) is 0 Å². The van der Waals surface area contributed by atoms with Crippen molar-refractivity contribution < 1.29 is 4.79 Å². The Kier molecular flexibility index (Phi) is 15.9. The van der Waals surface area contributed by atoms with Crippen LogP contribution in [-0.2, 0) is 4.79 Å². The first-order valence-corrected chi connectivity index (χ1v) is 8.00. The molecule has 18 heavy (non-hydrogen) atoms. The summed E-state index contributed by atoms with van der Waals surface area (Å²) in [5, 5.41) is 0. The molecule has 0 bridgehead atoms. The van der Waals surface area contributed by atoms with E-state index in [9.17, 15) is 4.79 Å². The molecule has 0 aliphatic heterocycles. The first kappa shape index (κ1) is 17.4. The van der Waals surface area contributed by atoms with Crippen LogP contribution >= 0.6 is 0 Å². The molecule has 1 heteroatoms. The van der Waals surface area contributed by atoms with Gasteiger partial charge in [-0.25, -0.2) is 0 Å². The molecule has 0 aliphatic rings. The Hall–Kier alpha value is -0.590. The van der Waals surface area contributed by atoms with E-state index in [2.05, 4.69) is 19.1 Å². The summed E-state index contributed by atoms with van der Waals surface area (Å²) in [6, 6.07) is 0. The van der Waals surface area contributed by atoms with E-state index in [0.717, 1.165) is 19.1 Å². The number of carbonyl (C=O) groups is 1. The van der Waals surface area contributed by atoms with Gasteiger partial charge in [-0.15, -0.1) is 0 Å². The molecule has 0 aliphatic carbocycles. The van der Waals surface area contributed by atoms with Gasteiger partial charge in [0.05, 0.1) is 0 Å². The summed E-state index contributed by atoms with van der Waals surface area (Å²) in [5.74, 6) is 0. The van der Waals surface area contributed by atoms with Crippen molar-refractivity contribution in [3.63, 3.8) is 0 Å². The molecule has 0 atom stereocenters. The van der Waals surface area contributed by atoms with Gasteiger partial charge >= 0.3 is 0 Å². The van der Waals surface area contributed by atoms with E-state index in [1.165, 1.54) is 70.6 Å². The Morgan fingerprint density at radius 3 is 1.56 bits per heavy atom. The summed E-state index contributed by atoms with van der Waals surface area (Å²) in [5.41, 5.74) is 0. The zero-order valence-corrected chi connectivity index (χ0v) is 12.3. The molecule has 0 aromatic heterocycles. The van der Waals surface area contributed by atoms with Gasteiger partial charge in [0.25, 0.3) is 0 Å². The number of carbonyl (C=O) groups excluding carboxylic acids is 1. The zero-order valence-electron chi connectivity index (χ0n) is 12.3. The number of rotatable bonds is 14. The zero-order chi connectivity index (χ0) is 13.3. The second-order valence-electron chi connectivity index (χ2n) is 5.19. The number of unbranched alkanes of at least 4 members (excludes halogenated alkanes) is 11. The highest BCUT2D eigenvalue weighted by Crippen LogP contribution is 2.08. The Morgan fingerprint density at radius 1 is 0.611 bits per heavy atom. The van der Waals surface area contributed by atoms with Crippen LogP contribution in [0.25, 0.3) is 0 Å². The van der Waals surface area contributed by atoms with Crippen LogP contribution in [0.3, 0.4) is 0 Å². The van der Waals surface area contributed by atoms with Crippen molar-refractivity contribution >= 4 is 6.29 Å². The van der Waals surface area contributed by atoms with Crippen molar-refractivity contribution in [3.05, 3.63) is 12.2 Å². The Morgan fingerprint density at radius 2 is 1.06 bits per heavy atom. The lowest BCUT2D eigenvalue weighted by Crippen LogP contribution is -1.80. The van der Waals surface area contributed by atoms with Crippen LogP contribution in [0.2, 0.25) is 0 Å². The molecule has 0 N–H and O–H groups in total. The number of hydrogen-bond donors (Lipinski definition) is 0. The molecule has 1 nitrogen and oxygen atoms in total. The van der Waals surface area contributed by atoms with E-state index in [1.807, 2.05) is 0 Å². The molecule has 0 saturated carbocycles. The van der Waals surface area contributed by atoms with Gasteiger partial charge in [-0.05, 0) is 32.1 Å². The number of allylic oxidation sites excluding steroid dienone is 2. The topological polar surface area (TPSA) is 17.1 Å². The number of hydrogen-bond acceptors (Lipinski definition) is 1. The van der Waals surface area contributed by atoms with Crippen LogP contribution in [0.4, 0.5) is 0 Å². The van der Waals surface area contributed by atoms with Crippen LogP contribution < -0.4 is 0 Å². The van der Waals surface area contributed by atoms with Gasteiger partial charge in [0.1, 0.15) is 6.29 Å². The van der Waals surface area contributed by atoms with Gasteiger partial charge in [-0.1, -0.05) is 64.0 Å². The van der Waals surface area contributed by atoms with E-state index in [1.54, 1.807) is 0 Å². The van der Waals surface area contributed by atoms with E-state index in [-0.39, 0.29) is 0 Å². The maximum atomic E-state index is 10.1. The lowest BCUT2D eigenvalue weighted by Gasteiger charge is -1.98. The molecule has 0 rings (SSSR count). The van der Waals surface area contributed by atoms with Gasteiger partial charge in [-0.3, -0.25) is 0 Å². The molecule has 0 aromatic carbocycles. The normalized spacial score (nSPS) is 11.2. The molecule has 0 aromatic rings. The average molecular weight is 252 g/mol. The Balaban J connectivity index is 3.02. The first-order valence-electron chi connectivity index (χ1n) is 8.00. The minimum atomic E-state index is 0.748. The van der Waals surface area contributed by atoms with Crippen LogP contribution in [0.15, 0.2) is 12.2 Å². The monoisotopic (exact) mass is 252 g/mol. The molecule has 106 valence electrons. The van der Waals surface area contributed by atoms with Crippen molar-refractivity contribution in [3.8, 4) is 0 Å². The standard InChI is InChI=1S/C17H32O/c1-2-3-4-5-6-7-8-9-10-11-12-13-14-15-16-17-18/h8-9,17H,2-7,10-16H2,1H3/b9-8+. The van der Waals surface area contributed by atoms with Gasteiger partial charge < -0.3 is 4.79 Å². The molecule has 0 spiro atoms. The minimum absolute atomic E-state index is 0.748. The lowest BCUT2D eigenvalue weighted by molar-refractivity contribution is -0.107. The SMILES string of the molecule is CCCCCCC/C=C/CCCCCCCC=O. The second-order valence-corrected chi connectivity index (χ2v) is 5.19. The third kappa shape index (κ3) is 15.4. The summed E-state index contributed by atoms with van der Waals surface area (Å²) in [7, 11) is 0. The third-order valence-corrected chi connectivity index (χ3v) is 3.33. The summed E-state index contributed by atoms with van der Waals surface area (Å²) in [6.45, 7) is 2.26. The largest absolute Gasteiger partial charge is 0.303 e. The highest BCUT2D eigenvalue weighted by molar-refractivity contribution is 5.48. The fourth-order valence-corrected chi connectivity index (χ4v) is 2.12. The lowest BCUT2D eigenvalue weighted by atomic mass is 10.1. The van der Waals surface area contributed by atoms with Gasteiger partial charge in [0.15, 0.2) is 0 Å². The maximum Gasteiger partial charge on any atom is 0.119 e. The van der Waals surface area contributed by atoms with Crippen molar-refractivity contribution in [2.45, 2.75) is 90.4 Å². The average Bonchev–Trinajstić information content (AvgIpc) is 2.39. The summed E-state index contributed by atoms with van der Waals surface area (Å²) >= 11 is 0. The molecule has 0 saturated heterocycles. The minimum Gasteiger partial charge on any atom is -0.303 e. The highest BCUT2D eigenvalue weighted by Gasteiger charge is 1.90. The molecule has 0 unspecified atom stereocenters. The summed E-state index contributed by atoms with van der Waals surface area (Å²) in [4.78, 5) is 10.1. The Labute approximate surface area is 114 Å². The van der Waals surface area contributed by atoms with Crippen molar-refractivity contribution in [1.82, 2.24) is 0 Å². The molecule has 0 amide bonds. The predicted octanol–water partition coefficient (Wildman–Crippen LogP) is 5.83. The third-order valence-electron chi connectivity index (χ3n) is 3.33. The smallest absolute Gasteiger partial charge is 0.119 e. The fraction of sp³-hybridized carbons (Fsp3) is 0.824. The Bertz CT molecular complexity index is 184. The van der Waals surface area contributed by atoms with Gasteiger partial charge in [-0.2, -0.15) is 0 Å². The van der Waals surface area contributed by atoms with Crippen molar-refractivity contribution in [2.75, 3.05) is 0 Å². The van der Waals surface area contributed by atoms with Crippen molar-refractivity contribution in [2.24, 2.45) is 0 Å². The highest BCUT2D eigenvalue weighted by atomic mass is 16.1. The maximum absolute atomic E-state index is 10.1. The van der Waals surface area contributed by atoms with Crippen molar-refractivity contribution in [1.29, 1.82) is 0 Å². The van der Waals surface area contributed by atoms with Gasteiger partial charge in [0, 0.05) is 6.42 Å². The quantitative estimate of drug-likeness (QED) is 0.216. The second kappa shape index (κ2) is 16.4. The summed E-state index contributed by atoms with van der Waals surface area (Å²) in [6.07, 6.45) is 22.1. The van der Waals surface area contributed by atoms with Gasteiger partial charge in [0.2, 0.25) is 0 Å². The number of aldehydes is 1. The molecule has 0 heterocycles. The predicted molar refractivity (Wildman–Crippen MR) is 80.9 cm³/mol. The van der Waals surface area contributed by atoms with Crippen LogP contribution in [0.5, 0.6) is 0 Å². The van der Waals surface area contributed by atoms with Crippen LogP contribution in [0.1, 0.15) is 90.4 Å². The molecule has 0 radical (unpaired) electrons. The van der Waals surface area contributed by atoms with E-state index in [4.69, 9.17) is 0 Å². The summed E-state index contributed by atoms with van der Waals surface area (Å²) < 4.78 is 0. The molecular formula is C17H32O. The van der Waals surface area contributed by atoms with E-state index < -0.39 is 0 Å². The van der Waals surface area contributed by atoms with E-state index >= 15 is 0 Å². The molecule has 0 fully saturated rings. The van der Waals surface area contributed by atoms with Crippen LogP contribution in [0, 0.1) is 0 Å². The van der Waals surface area contributed by atoms with Crippen LogP contribution in [-0.4, -0.2) is 6.29 Å². The first-order chi connectivity index (χ1) is 8.91. The molecular weight excluding hydrogens is 220 g/mol. The fourth-order valence-electron chi connectivity index (χ4n) is 2.12.